The molecule has 3 aromatic carbocycles. The molecular formula is C41H42F5N5O4. The number of halogens is 5. The molecule has 5 aliphatic heterocycles. The molecule has 0 bridgehead atoms. The van der Waals surface area contributed by atoms with Crippen LogP contribution in [0.25, 0.3) is 0 Å². The smallest absolute Gasteiger partial charge is 0.267 e. The normalized spacial score (nSPS) is 22.0. The Morgan fingerprint density at radius 1 is 0.945 bits per heavy atom. The minimum absolute atomic E-state index is 0.0131. The van der Waals surface area contributed by atoms with Crippen LogP contribution in [0.15, 0.2) is 67.3 Å². The Kier molecular flexibility index (Phi) is 9.59. The lowest BCUT2D eigenvalue weighted by molar-refractivity contribution is -0.127. The lowest BCUT2D eigenvalue weighted by Crippen LogP contribution is -2.52. The summed E-state index contributed by atoms with van der Waals surface area (Å²) in [5.41, 5.74) is 2.22. The monoisotopic (exact) mass is 763 g/mol. The fraction of sp³-hybridized carbons (Fsp3) is 0.439. The summed E-state index contributed by atoms with van der Waals surface area (Å²) in [7, 11) is 0. The van der Waals surface area contributed by atoms with Crippen molar-refractivity contribution in [3.63, 3.8) is 0 Å². The van der Waals surface area contributed by atoms with Crippen LogP contribution in [-0.4, -0.2) is 81.7 Å². The highest BCUT2D eigenvalue weighted by Crippen LogP contribution is 2.50. The molecule has 290 valence electrons. The van der Waals surface area contributed by atoms with Gasteiger partial charge in [0.25, 0.3) is 11.8 Å². The summed E-state index contributed by atoms with van der Waals surface area (Å²) in [6.45, 7) is 4.74. The Bertz CT molecular complexity index is 2030. The first-order valence-electron chi connectivity index (χ1n) is 18.8. The molecule has 55 heavy (non-hydrogen) atoms. The Labute approximate surface area is 315 Å². The summed E-state index contributed by atoms with van der Waals surface area (Å²) in [6.07, 6.45) is 3.03. The molecule has 0 aromatic heterocycles. The van der Waals surface area contributed by atoms with Crippen molar-refractivity contribution in [3.05, 3.63) is 95.8 Å². The molecule has 1 spiro atoms. The highest BCUT2D eigenvalue weighted by molar-refractivity contribution is 6.11. The van der Waals surface area contributed by atoms with Crippen molar-refractivity contribution in [2.45, 2.75) is 61.9 Å². The average Bonchev–Trinajstić information content (AvgIpc) is 3.61. The lowest BCUT2D eigenvalue weighted by Gasteiger charge is -2.42. The molecule has 3 aromatic rings. The van der Waals surface area contributed by atoms with Crippen LogP contribution in [0.1, 0.15) is 43.2 Å². The lowest BCUT2D eigenvalue weighted by atomic mass is 9.73. The number of piperidine rings is 1. The summed E-state index contributed by atoms with van der Waals surface area (Å²) in [4.78, 5) is 47.6. The molecule has 8 rings (SSSR count). The summed E-state index contributed by atoms with van der Waals surface area (Å²) in [6, 6.07) is 12.3. The van der Waals surface area contributed by atoms with Crippen molar-refractivity contribution in [3.8, 4) is 0 Å². The zero-order valence-electron chi connectivity index (χ0n) is 30.2. The molecule has 9 nitrogen and oxygen atoms in total. The van der Waals surface area contributed by atoms with Crippen molar-refractivity contribution >= 4 is 40.5 Å². The van der Waals surface area contributed by atoms with Gasteiger partial charge in [0.1, 0.15) is 12.4 Å². The van der Waals surface area contributed by atoms with Gasteiger partial charge in [-0.15, -0.1) is 0 Å². The molecule has 0 saturated carbocycles. The van der Waals surface area contributed by atoms with Gasteiger partial charge in [0.15, 0.2) is 11.6 Å². The van der Waals surface area contributed by atoms with Crippen LogP contribution in [0.3, 0.4) is 0 Å². The number of amides is 3. The van der Waals surface area contributed by atoms with Crippen LogP contribution in [0.4, 0.5) is 44.7 Å². The highest BCUT2D eigenvalue weighted by Gasteiger charge is 2.53. The van der Waals surface area contributed by atoms with Crippen molar-refractivity contribution < 1.29 is 41.1 Å². The standard InChI is InChI=1S/C41H42F5N5O4/c1-2-38(53)49-22-29-21-41(45,46)24-51(29)36-20-28(5-8-35(36)49)48-13-11-40(12-14-48)30-19-27(42)4-7-34(30)50(39(40)54)23-37(52)47-33(26-9-15-55-16-10-26)18-25-3-6-31(43)32(44)17-25/h2-8,17,19-20,26,29,33H,1,9-16,18,21-24H2,(H,47,52)/t29-,33-/m0/s1. The van der Waals surface area contributed by atoms with Gasteiger partial charge in [0, 0.05) is 56.7 Å². The maximum Gasteiger partial charge on any atom is 0.267 e. The largest absolute Gasteiger partial charge is 0.381 e. The molecule has 2 atom stereocenters. The van der Waals surface area contributed by atoms with Crippen molar-refractivity contribution in [1.82, 2.24) is 5.32 Å². The average molecular weight is 764 g/mol. The van der Waals surface area contributed by atoms with E-state index in [1.54, 1.807) is 11.0 Å². The zero-order valence-corrected chi connectivity index (χ0v) is 30.2. The Morgan fingerprint density at radius 2 is 1.69 bits per heavy atom. The molecule has 5 heterocycles. The second kappa shape index (κ2) is 14.3. The minimum atomic E-state index is -2.90. The third kappa shape index (κ3) is 6.82. The molecule has 0 unspecified atom stereocenters. The Hall–Kier alpha value is -4.98. The first kappa shape index (κ1) is 37.0. The number of nitrogens with one attached hydrogen (secondary N) is 1. The van der Waals surface area contributed by atoms with E-state index >= 15 is 0 Å². The van der Waals surface area contributed by atoms with E-state index < -0.39 is 53.3 Å². The van der Waals surface area contributed by atoms with E-state index in [-0.39, 0.29) is 43.7 Å². The zero-order chi connectivity index (χ0) is 38.6. The number of fused-ring (bicyclic) bond motifs is 5. The topological polar surface area (TPSA) is 85.4 Å². The number of rotatable bonds is 8. The summed E-state index contributed by atoms with van der Waals surface area (Å²) in [5.74, 6) is -6.42. The number of carbonyl (C=O) groups is 3. The molecule has 3 fully saturated rings. The first-order valence-corrected chi connectivity index (χ1v) is 18.8. The Morgan fingerprint density at radius 3 is 2.42 bits per heavy atom. The van der Waals surface area contributed by atoms with Crippen molar-refractivity contribution in [1.29, 1.82) is 0 Å². The van der Waals surface area contributed by atoms with Crippen molar-refractivity contribution in [2.75, 3.05) is 65.5 Å². The molecule has 5 aliphatic rings. The van der Waals surface area contributed by atoms with Gasteiger partial charge in [-0.3, -0.25) is 14.4 Å². The summed E-state index contributed by atoms with van der Waals surface area (Å²) in [5, 5.41) is 3.07. The van der Waals surface area contributed by atoms with Gasteiger partial charge in [-0.1, -0.05) is 12.6 Å². The second-order valence-corrected chi connectivity index (χ2v) is 15.4. The molecule has 14 heteroatoms. The number of carbonyl (C=O) groups excluding carboxylic acids is 3. The predicted octanol–water partition coefficient (Wildman–Crippen LogP) is 5.89. The predicted molar refractivity (Wildman–Crippen MR) is 197 cm³/mol. The van der Waals surface area contributed by atoms with E-state index in [0.29, 0.717) is 80.2 Å². The molecule has 3 amide bonds. The quantitative estimate of drug-likeness (QED) is 0.228. The number of hydrogen-bond donors (Lipinski definition) is 1. The number of hydrogen-bond acceptors (Lipinski definition) is 6. The number of anilines is 4. The van der Waals surface area contributed by atoms with Gasteiger partial charge in [0.2, 0.25) is 11.8 Å². The molecule has 3 saturated heterocycles. The van der Waals surface area contributed by atoms with Gasteiger partial charge >= 0.3 is 0 Å². The first-order chi connectivity index (χ1) is 26.4. The van der Waals surface area contributed by atoms with Crippen LogP contribution >= 0.6 is 0 Å². The third-order valence-corrected chi connectivity index (χ3v) is 12.1. The summed E-state index contributed by atoms with van der Waals surface area (Å²) >= 11 is 0. The van der Waals surface area contributed by atoms with Gasteiger partial charge < -0.3 is 29.7 Å². The van der Waals surface area contributed by atoms with Gasteiger partial charge in [-0.05, 0) is 104 Å². The third-order valence-electron chi connectivity index (χ3n) is 12.1. The van der Waals surface area contributed by atoms with Gasteiger partial charge in [0.05, 0.1) is 29.4 Å². The maximum atomic E-state index is 14.9. The highest BCUT2D eigenvalue weighted by atomic mass is 19.3. The minimum Gasteiger partial charge on any atom is -0.381 e. The molecular weight excluding hydrogens is 721 g/mol. The van der Waals surface area contributed by atoms with E-state index in [0.717, 1.165) is 17.8 Å². The number of benzene rings is 3. The summed E-state index contributed by atoms with van der Waals surface area (Å²) < 4.78 is 77.4. The number of nitrogens with zero attached hydrogens (tertiary/aromatic N) is 4. The van der Waals surface area contributed by atoms with Crippen LogP contribution < -0.4 is 24.9 Å². The van der Waals surface area contributed by atoms with E-state index in [4.69, 9.17) is 4.74 Å². The number of alkyl halides is 2. The van der Waals surface area contributed by atoms with Gasteiger partial charge in [-0.25, -0.2) is 22.0 Å². The fourth-order valence-corrected chi connectivity index (χ4v) is 9.30. The molecule has 0 aliphatic carbocycles. The fourth-order valence-electron chi connectivity index (χ4n) is 9.30. The van der Waals surface area contributed by atoms with E-state index in [9.17, 15) is 36.3 Å². The van der Waals surface area contributed by atoms with E-state index in [1.165, 1.54) is 40.1 Å². The van der Waals surface area contributed by atoms with E-state index in [2.05, 4.69) is 16.8 Å². The van der Waals surface area contributed by atoms with Crippen molar-refractivity contribution in [2.24, 2.45) is 5.92 Å². The van der Waals surface area contributed by atoms with Gasteiger partial charge in [-0.2, -0.15) is 0 Å². The Balaban J connectivity index is 1.01. The van der Waals surface area contributed by atoms with Crippen LogP contribution in [-0.2, 0) is 31.0 Å². The SMILES string of the molecule is C=CC(=O)N1C[C@@H]2CC(F)(F)CN2c2cc(N3CCC4(CC3)C(=O)N(CC(=O)N[C@@H](Cc3ccc(F)c(F)c3)C3CCOCC3)c3ccc(F)cc34)ccc21. The van der Waals surface area contributed by atoms with Crippen LogP contribution in [0.5, 0.6) is 0 Å². The van der Waals surface area contributed by atoms with E-state index in [1.807, 2.05) is 12.1 Å². The van der Waals surface area contributed by atoms with Crippen LogP contribution in [0.2, 0.25) is 0 Å². The number of ether oxygens (including phenoxy) is 1. The second-order valence-electron chi connectivity index (χ2n) is 15.4. The molecule has 1 N–H and O–H groups in total. The van der Waals surface area contributed by atoms with Crippen LogP contribution in [0, 0.1) is 23.4 Å². The molecule has 0 radical (unpaired) electrons. The maximum absolute atomic E-state index is 14.9.